The van der Waals surface area contributed by atoms with E-state index in [4.69, 9.17) is 34.4 Å². The Kier molecular flexibility index (Phi) is 31.8. The van der Waals surface area contributed by atoms with Gasteiger partial charge in [-0.15, -0.1) is 0 Å². The number of nitrogens with zero attached hydrogens (tertiary/aromatic N) is 3. The standard InChI is InChI=1S/C44H77N17O15S2/c1-21(2)16-27(58-36(69)23(6-3-13-51-43(47)48)55-34(67)22(45)19-77)39(72)56-24(7-4-14-52-44(49)50)37(70)59-28(18-62)35(68)53-17-32(64)54-26(10-12-33(65)66)41(74)61-15-5-8-30(61)40(73)57-25(9-11-31(46)63)38(71)60-29(20-78)42(75)76/h21-30,62,77-78H,3-20,45H2,1-2H3,(H2,46,63)(H,53,68)(H,54,64)(H,55,67)(H,56,72)(H,57,73)(H,58,69)(H,59,70)(H,60,71)(H,65,66)(H,75,76)(H4,47,48,51)(H4,49,50,52)/t22-,23-,24-,25-,26-,27-,28-,29-,30-/m0/s1. The third kappa shape index (κ3) is 26.2. The topological polar surface area (TPSA) is 546 Å². The van der Waals surface area contributed by atoms with Gasteiger partial charge in [0.05, 0.1) is 19.2 Å². The van der Waals surface area contributed by atoms with Crippen molar-refractivity contribution in [2.45, 2.75) is 139 Å². The van der Waals surface area contributed by atoms with Gasteiger partial charge >= 0.3 is 11.9 Å². The molecule has 78 heavy (non-hydrogen) atoms. The summed E-state index contributed by atoms with van der Waals surface area (Å²) in [7, 11) is 0. The molecule has 32 nitrogen and oxygen atoms in total. The van der Waals surface area contributed by atoms with Crippen molar-refractivity contribution in [3.8, 4) is 0 Å². The van der Waals surface area contributed by atoms with Crippen LogP contribution in [0.5, 0.6) is 0 Å². The maximum Gasteiger partial charge on any atom is 0.327 e. The Balaban J connectivity index is 3.30. The van der Waals surface area contributed by atoms with Gasteiger partial charge in [0.1, 0.15) is 48.3 Å². The first-order valence-electron chi connectivity index (χ1n) is 24.8. The molecular formula is C44H77N17O15S2. The third-order valence-electron chi connectivity index (χ3n) is 11.5. The molecule has 1 fully saturated rings. The summed E-state index contributed by atoms with van der Waals surface area (Å²) in [5.74, 6) is -13.1. The molecule has 0 aromatic rings. The second-order valence-electron chi connectivity index (χ2n) is 18.4. The number of hydrogen-bond donors (Lipinski definition) is 19. The molecule has 0 unspecified atom stereocenters. The van der Waals surface area contributed by atoms with Gasteiger partial charge in [0.15, 0.2) is 11.9 Å². The lowest BCUT2D eigenvalue weighted by Crippen LogP contribution is -2.60. The number of carboxylic acids is 2. The van der Waals surface area contributed by atoms with Crippen LogP contribution in [-0.4, -0.2) is 202 Å². The number of guanidine groups is 2. The lowest BCUT2D eigenvalue weighted by molar-refractivity contribution is -0.144. The van der Waals surface area contributed by atoms with Crippen molar-refractivity contribution in [1.29, 1.82) is 0 Å². The Morgan fingerprint density at radius 3 is 1.56 bits per heavy atom. The van der Waals surface area contributed by atoms with Gasteiger partial charge in [-0.05, 0) is 63.7 Å². The molecule has 1 aliphatic heterocycles. The number of rotatable bonds is 37. The van der Waals surface area contributed by atoms with Crippen LogP contribution in [0.15, 0.2) is 9.98 Å². The number of nitrogens with two attached hydrogens (primary N) is 6. The lowest BCUT2D eigenvalue weighted by Gasteiger charge is -2.30. The van der Waals surface area contributed by atoms with Gasteiger partial charge in [0.25, 0.3) is 0 Å². The van der Waals surface area contributed by atoms with Gasteiger partial charge in [-0.25, -0.2) is 4.79 Å². The number of thiol groups is 2. The summed E-state index contributed by atoms with van der Waals surface area (Å²) in [6, 6.07) is -12.7. The number of carboxylic acid groups (broad SMARTS) is 2. The van der Waals surface area contributed by atoms with Gasteiger partial charge < -0.3 is 97.2 Å². The van der Waals surface area contributed by atoms with Crippen molar-refractivity contribution in [2.75, 3.05) is 44.3 Å². The van der Waals surface area contributed by atoms with E-state index in [0.29, 0.717) is 0 Å². The molecule has 1 saturated heterocycles. The Morgan fingerprint density at radius 1 is 0.603 bits per heavy atom. The molecule has 1 aliphatic rings. The van der Waals surface area contributed by atoms with Crippen LogP contribution < -0.4 is 76.9 Å². The number of aliphatic hydroxyl groups excluding tert-OH is 1. The third-order valence-corrected chi connectivity index (χ3v) is 12.3. The predicted molar refractivity (Wildman–Crippen MR) is 286 cm³/mol. The average molecular weight is 1150 g/mol. The van der Waals surface area contributed by atoms with E-state index < -0.39 is 158 Å². The second kappa shape index (κ2) is 36.0. The normalized spacial score (nSPS) is 15.9. The fourth-order valence-corrected chi connectivity index (χ4v) is 7.88. The molecule has 9 atom stereocenters. The molecular weight excluding hydrogens is 1070 g/mol. The quantitative estimate of drug-likeness (QED) is 0.0119. The lowest BCUT2D eigenvalue weighted by atomic mass is 10.0. The van der Waals surface area contributed by atoms with Crippen LogP contribution in [0, 0.1) is 5.92 Å². The molecule has 0 bridgehead atoms. The van der Waals surface area contributed by atoms with Gasteiger partial charge in [0, 0.05) is 44.0 Å². The molecule has 440 valence electrons. The zero-order chi connectivity index (χ0) is 59.2. The van der Waals surface area contributed by atoms with Crippen LogP contribution in [0.3, 0.4) is 0 Å². The maximum absolute atomic E-state index is 14.0. The molecule has 1 heterocycles. The number of aliphatic hydroxyl groups is 1. The number of carbonyl (C=O) groups excluding carboxylic acids is 10. The van der Waals surface area contributed by atoms with Crippen molar-refractivity contribution < 1.29 is 72.9 Å². The molecule has 0 spiro atoms. The SMILES string of the molecule is CC(C)C[C@H](NC(=O)[C@H](CCCN=C(N)N)NC(=O)[C@@H](N)CS)C(=O)N[C@@H](CCCN=C(N)N)C(=O)N[C@@H](CO)C(=O)NCC(=O)N[C@@H](CCC(=O)O)C(=O)N1CCC[C@H]1C(=O)N[C@@H](CCC(N)=O)C(=O)N[C@@H](CS)C(=O)O. The Labute approximate surface area is 460 Å². The van der Waals surface area contributed by atoms with E-state index in [9.17, 15) is 72.9 Å². The summed E-state index contributed by atoms with van der Waals surface area (Å²) in [6.45, 7) is 1.56. The van der Waals surface area contributed by atoms with E-state index in [1.54, 1.807) is 13.8 Å². The minimum absolute atomic E-state index is 0.0134. The van der Waals surface area contributed by atoms with Crippen molar-refractivity contribution in [3.05, 3.63) is 0 Å². The number of aliphatic carboxylic acids is 2. The first-order valence-corrected chi connectivity index (χ1v) is 26.0. The summed E-state index contributed by atoms with van der Waals surface area (Å²) in [6.07, 6.45) is -1.46. The van der Waals surface area contributed by atoms with Gasteiger partial charge in [0.2, 0.25) is 59.1 Å². The van der Waals surface area contributed by atoms with E-state index in [2.05, 4.69) is 77.8 Å². The fourth-order valence-electron chi connectivity index (χ4n) is 7.47. The highest BCUT2D eigenvalue weighted by Crippen LogP contribution is 2.21. The number of nitrogens with one attached hydrogen (secondary N) is 8. The number of primary amides is 1. The van der Waals surface area contributed by atoms with Crippen LogP contribution in [0.1, 0.15) is 84.5 Å². The molecule has 0 aromatic carbocycles. The summed E-state index contributed by atoms with van der Waals surface area (Å²) in [4.78, 5) is 165. The van der Waals surface area contributed by atoms with E-state index in [-0.39, 0.29) is 100 Å². The second-order valence-corrected chi connectivity index (χ2v) is 19.1. The predicted octanol–water partition coefficient (Wildman–Crippen LogP) is -7.97. The van der Waals surface area contributed by atoms with Gasteiger partial charge in [-0.2, -0.15) is 25.3 Å². The van der Waals surface area contributed by atoms with Gasteiger partial charge in [-0.3, -0.25) is 62.7 Å². The van der Waals surface area contributed by atoms with E-state index >= 15 is 0 Å². The first-order chi connectivity index (χ1) is 36.6. The van der Waals surface area contributed by atoms with Crippen molar-refractivity contribution in [2.24, 2.45) is 50.3 Å². The Hall–Kier alpha value is -7.20. The molecule has 0 aliphatic carbocycles. The Morgan fingerprint density at radius 2 is 1.09 bits per heavy atom. The van der Waals surface area contributed by atoms with Crippen LogP contribution in [0.2, 0.25) is 0 Å². The molecule has 23 N–H and O–H groups in total. The molecule has 0 saturated carbocycles. The summed E-state index contributed by atoms with van der Waals surface area (Å²) in [5, 5.41) is 48.2. The van der Waals surface area contributed by atoms with Crippen LogP contribution in [-0.2, 0) is 57.5 Å². The molecule has 0 radical (unpaired) electrons. The minimum Gasteiger partial charge on any atom is -0.481 e. The zero-order valence-electron chi connectivity index (χ0n) is 43.4. The van der Waals surface area contributed by atoms with E-state index in [1.807, 2.05) is 0 Å². The molecule has 0 aromatic heterocycles. The molecule has 1 rings (SSSR count). The van der Waals surface area contributed by atoms with E-state index in [0.717, 1.165) is 4.90 Å². The number of carbonyl (C=O) groups is 12. The summed E-state index contributed by atoms with van der Waals surface area (Å²) >= 11 is 7.92. The number of likely N-dealkylation sites (tertiary alicyclic amines) is 1. The van der Waals surface area contributed by atoms with Crippen molar-refractivity contribution in [1.82, 2.24) is 47.4 Å². The highest BCUT2D eigenvalue weighted by molar-refractivity contribution is 7.80. The average Bonchev–Trinajstić information content (AvgIpc) is 3.87. The van der Waals surface area contributed by atoms with Gasteiger partial charge in [-0.1, -0.05) is 13.8 Å². The number of aliphatic imine (C=N–C) groups is 2. The number of amides is 10. The Bertz CT molecular complexity index is 2170. The summed E-state index contributed by atoms with van der Waals surface area (Å²) in [5.41, 5.74) is 32.7. The molecule has 10 amide bonds. The van der Waals surface area contributed by atoms with Crippen molar-refractivity contribution in [3.63, 3.8) is 0 Å². The maximum atomic E-state index is 14.0. The number of hydrogen-bond acceptors (Lipinski definition) is 18. The fraction of sp³-hybridized carbons (Fsp3) is 0.682. The zero-order valence-corrected chi connectivity index (χ0v) is 45.2. The van der Waals surface area contributed by atoms with Crippen LogP contribution >= 0.6 is 25.3 Å². The van der Waals surface area contributed by atoms with E-state index in [1.165, 1.54) is 0 Å². The first kappa shape index (κ1) is 68.8. The largest absolute Gasteiger partial charge is 0.481 e. The van der Waals surface area contributed by atoms with Crippen LogP contribution in [0.4, 0.5) is 0 Å². The monoisotopic (exact) mass is 1150 g/mol. The van der Waals surface area contributed by atoms with Crippen molar-refractivity contribution >= 4 is 108 Å². The minimum atomic E-state index is -1.77. The summed E-state index contributed by atoms with van der Waals surface area (Å²) < 4.78 is 0. The smallest absolute Gasteiger partial charge is 0.327 e. The highest BCUT2D eigenvalue weighted by atomic mass is 32.1. The molecule has 34 heteroatoms. The van der Waals surface area contributed by atoms with Crippen LogP contribution in [0.25, 0.3) is 0 Å². The highest BCUT2D eigenvalue weighted by Gasteiger charge is 2.40.